The zero-order chi connectivity index (χ0) is 13.5. The molecule has 0 fully saturated rings. The van der Waals surface area contributed by atoms with E-state index < -0.39 is 11.9 Å². The predicted octanol–water partition coefficient (Wildman–Crippen LogP) is 2.69. The van der Waals surface area contributed by atoms with Crippen LogP contribution in [-0.2, 0) is 16.0 Å². The Labute approximate surface area is 107 Å². The normalized spacial score (nSPS) is 11.9. The van der Waals surface area contributed by atoms with E-state index in [0.29, 0.717) is 6.42 Å². The SMILES string of the molecule is CCc1ccccc1NC(=O)C(CC)CC(=O)O. The van der Waals surface area contributed by atoms with Crippen LogP contribution in [0.3, 0.4) is 0 Å². The molecular weight excluding hydrogens is 230 g/mol. The first-order valence-corrected chi connectivity index (χ1v) is 6.19. The Kier molecular flexibility index (Phi) is 5.36. The number of hydrogen-bond donors (Lipinski definition) is 2. The van der Waals surface area contributed by atoms with Crippen molar-refractivity contribution in [2.45, 2.75) is 33.1 Å². The summed E-state index contributed by atoms with van der Waals surface area (Å²) in [7, 11) is 0. The summed E-state index contributed by atoms with van der Waals surface area (Å²) in [6.45, 7) is 3.83. The van der Waals surface area contributed by atoms with Crippen molar-refractivity contribution in [3.8, 4) is 0 Å². The molecule has 1 amide bonds. The average Bonchev–Trinajstić information content (AvgIpc) is 2.36. The number of carbonyl (C=O) groups is 2. The maximum Gasteiger partial charge on any atom is 0.304 e. The molecule has 18 heavy (non-hydrogen) atoms. The van der Waals surface area contributed by atoms with Gasteiger partial charge in [-0.15, -0.1) is 0 Å². The summed E-state index contributed by atoms with van der Waals surface area (Å²) < 4.78 is 0. The predicted molar refractivity (Wildman–Crippen MR) is 70.5 cm³/mol. The Morgan fingerprint density at radius 2 is 1.94 bits per heavy atom. The topological polar surface area (TPSA) is 66.4 Å². The molecular formula is C14H19NO3. The van der Waals surface area contributed by atoms with Crippen molar-refractivity contribution < 1.29 is 14.7 Å². The van der Waals surface area contributed by atoms with Gasteiger partial charge in [-0.3, -0.25) is 9.59 Å². The Bertz CT molecular complexity index is 429. The highest BCUT2D eigenvalue weighted by Gasteiger charge is 2.20. The molecule has 0 saturated carbocycles. The van der Waals surface area contributed by atoms with Crippen molar-refractivity contribution in [3.05, 3.63) is 29.8 Å². The fourth-order valence-electron chi connectivity index (χ4n) is 1.82. The van der Waals surface area contributed by atoms with Crippen LogP contribution in [0.15, 0.2) is 24.3 Å². The number of rotatable bonds is 6. The van der Waals surface area contributed by atoms with Crippen molar-refractivity contribution in [2.75, 3.05) is 5.32 Å². The second-order valence-electron chi connectivity index (χ2n) is 4.20. The summed E-state index contributed by atoms with van der Waals surface area (Å²) in [6, 6.07) is 7.56. The van der Waals surface area contributed by atoms with Crippen molar-refractivity contribution in [3.63, 3.8) is 0 Å². The fraction of sp³-hybridized carbons (Fsp3) is 0.429. The third kappa shape index (κ3) is 3.87. The number of hydrogen-bond acceptors (Lipinski definition) is 2. The van der Waals surface area contributed by atoms with Crippen molar-refractivity contribution in [1.82, 2.24) is 0 Å². The Morgan fingerprint density at radius 3 is 2.50 bits per heavy atom. The van der Waals surface area contributed by atoms with Gasteiger partial charge < -0.3 is 10.4 Å². The maximum absolute atomic E-state index is 12.0. The zero-order valence-corrected chi connectivity index (χ0v) is 10.8. The molecule has 1 aromatic rings. The number of amides is 1. The number of aryl methyl sites for hydroxylation is 1. The smallest absolute Gasteiger partial charge is 0.304 e. The number of carboxylic acids is 1. The van der Waals surface area contributed by atoms with E-state index in [1.54, 1.807) is 0 Å². The molecule has 0 bridgehead atoms. The molecule has 0 aliphatic rings. The van der Waals surface area contributed by atoms with Gasteiger partial charge in [0.05, 0.1) is 6.42 Å². The molecule has 0 radical (unpaired) electrons. The van der Waals surface area contributed by atoms with Crippen molar-refractivity contribution in [1.29, 1.82) is 0 Å². The molecule has 0 aliphatic heterocycles. The molecule has 1 atom stereocenters. The van der Waals surface area contributed by atoms with Crippen LogP contribution in [-0.4, -0.2) is 17.0 Å². The third-order valence-corrected chi connectivity index (χ3v) is 2.94. The molecule has 4 heteroatoms. The summed E-state index contributed by atoms with van der Waals surface area (Å²) in [5.74, 6) is -1.64. The zero-order valence-electron chi connectivity index (χ0n) is 10.8. The molecule has 4 nitrogen and oxygen atoms in total. The number of carbonyl (C=O) groups excluding carboxylic acids is 1. The summed E-state index contributed by atoms with van der Waals surface area (Å²) in [5.41, 5.74) is 1.82. The van der Waals surface area contributed by atoms with Gasteiger partial charge in [0.1, 0.15) is 0 Å². The highest BCUT2D eigenvalue weighted by molar-refractivity contribution is 5.94. The number of aliphatic carboxylic acids is 1. The second kappa shape index (κ2) is 6.79. The van der Waals surface area contributed by atoms with Crippen LogP contribution in [0.5, 0.6) is 0 Å². The van der Waals surface area contributed by atoms with Gasteiger partial charge >= 0.3 is 5.97 Å². The summed E-state index contributed by atoms with van der Waals surface area (Å²) >= 11 is 0. The van der Waals surface area contributed by atoms with E-state index >= 15 is 0 Å². The lowest BCUT2D eigenvalue weighted by atomic mass is 10.0. The molecule has 0 heterocycles. The van der Waals surface area contributed by atoms with Crippen LogP contribution < -0.4 is 5.32 Å². The summed E-state index contributed by atoms with van der Waals surface area (Å²) in [4.78, 5) is 22.6. The lowest BCUT2D eigenvalue weighted by molar-refractivity contribution is -0.140. The molecule has 0 aliphatic carbocycles. The van der Waals surface area contributed by atoms with Crippen LogP contribution in [0.1, 0.15) is 32.3 Å². The van der Waals surface area contributed by atoms with Crippen LogP contribution >= 0.6 is 0 Å². The Balaban J connectivity index is 2.76. The minimum Gasteiger partial charge on any atom is -0.481 e. The highest BCUT2D eigenvalue weighted by Crippen LogP contribution is 2.18. The van der Waals surface area contributed by atoms with Crippen molar-refractivity contribution >= 4 is 17.6 Å². The first kappa shape index (κ1) is 14.2. The van der Waals surface area contributed by atoms with Crippen LogP contribution in [0.4, 0.5) is 5.69 Å². The minimum atomic E-state index is -0.944. The van der Waals surface area contributed by atoms with E-state index in [1.165, 1.54) is 0 Å². The molecule has 1 rings (SSSR count). The first-order valence-electron chi connectivity index (χ1n) is 6.19. The number of para-hydroxylation sites is 1. The van der Waals surface area contributed by atoms with Crippen LogP contribution in [0, 0.1) is 5.92 Å². The summed E-state index contributed by atoms with van der Waals surface area (Å²) in [5, 5.41) is 11.6. The number of nitrogens with one attached hydrogen (secondary N) is 1. The van der Waals surface area contributed by atoms with Gasteiger partial charge in [-0.05, 0) is 24.5 Å². The van der Waals surface area contributed by atoms with Gasteiger partial charge in [0, 0.05) is 11.6 Å². The van der Waals surface area contributed by atoms with Crippen molar-refractivity contribution in [2.24, 2.45) is 5.92 Å². The largest absolute Gasteiger partial charge is 0.481 e. The molecule has 0 saturated heterocycles. The Morgan fingerprint density at radius 1 is 1.28 bits per heavy atom. The van der Waals surface area contributed by atoms with Crippen LogP contribution in [0.2, 0.25) is 0 Å². The monoisotopic (exact) mass is 249 g/mol. The fourth-order valence-corrected chi connectivity index (χ4v) is 1.82. The molecule has 0 spiro atoms. The van der Waals surface area contributed by atoms with Gasteiger partial charge in [-0.1, -0.05) is 32.0 Å². The Hall–Kier alpha value is -1.84. The van der Waals surface area contributed by atoms with E-state index in [1.807, 2.05) is 38.1 Å². The van der Waals surface area contributed by atoms with E-state index in [9.17, 15) is 9.59 Å². The third-order valence-electron chi connectivity index (χ3n) is 2.94. The lowest BCUT2D eigenvalue weighted by Crippen LogP contribution is -2.25. The van der Waals surface area contributed by atoms with Gasteiger partial charge in [0.2, 0.25) is 5.91 Å². The summed E-state index contributed by atoms with van der Waals surface area (Å²) in [6.07, 6.45) is 1.22. The average molecular weight is 249 g/mol. The molecule has 1 aromatic carbocycles. The van der Waals surface area contributed by atoms with E-state index in [-0.39, 0.29) is 12.3 Å². The maximum atomic E-state index is 12.0. The van der Waals surface area contributed by atoms with Gasteiger partial charge in [0.15, 0.2) is 0 Å². The number of carboxylic acid groups (broad SMARTS) is 1. The lowest BCUT2D eigenvalue weighted by Gasteiger charge is -2.15. The van der Waals surface area contributed by atoms with Gasteiger partial charge in [-0.2, -0.15) is 0 Å². The van der Waals surface area contributed by atoms with E-state index in [0.717, 1.165) is 17.7 Å². The molecule has 1 unspecified atom stereocenters. The highest BCUT2D eigenvalue weighted by atomic mass is 16.4. The molecule has 0 aromatic heterocycles. The van der Waals surface area contributed by atoms with Gasteiger partial charge in [-0.25, -0.2) is 0 Å². The minimum absolute atomic E-state index is 0.128. The molecule has 98 valence electrons. The van der Waals surface area contributed by atoms with Gasteiger partial charge in [0.25, 0.3) is 0 Å². The first-order chi connectivity index (χ1) is 8.58. The number of benzene rings is 1. The van der Waals surface area contributed by atoms with E-state index in [4.69, 9.17) is 5.11 Å². The molecule has 2 N–H and O–H groups in total. The van der Waals surface area contributed by atoms with Crippen LogP contribution in [0.25, 0.3) is 0 Å². The second-order valence-corrected chi connectivity index (χ2v) is 4.20. The van der Waals surface area contributed by atoms with E-state index in [2.05, 4.69) is 5.32 Å². The quantitative estimate of drug-likeness (QED) is 0.814. The standard InChI is InChI=1S/C14H19NO3/c1-3-10-7-5-6-8-12(10)15-14(18)11(4-2)9-13(16)17/h5-8,11H,3-4,9H2,1-2H3,(H,15,18)(H,16,17). The number of anilines is 1.